The van der Waals surface area contributed by atoms with Gasteiger partial charge in [0.2, 0.25) is 0 Å². The Morgan fingerprint density at radius 3 is 2.50 bits per heavy atom. The van der Waals surface area contributed by atoms with Crippen molar-refractivity contribution in [1.29, 1.82) is 0 Å². The summed E-state index contributed by atoms with van der Waals surface area (Å²) >= 11 is 0. The van der Waals surface area contributed by atoms with Crippen molar-refractivity contribution < 1.29 is 14.7 Å². The third-order valence-electron chi connectivity index (χ3n) is 5.92. The number of β-amino-alcohol motifs (C(OH)–C–C–N with tert-alkyl or cyclic N) is 1. The van der Waals surface area contributed by atoms with E-state index in [0.717, 1.165) is 16.5 Å². The number of benzene rings is 3. The largest absolute Gasteiger partial charge is 0.391 e. The van der Waals surface area contributed by atoms with Crippen LogP contribution in [0.15, 0.2) is 103 Å². The van der Waals surface area contributed by atoms with Crippen LogP contribution in [0.5, 0.6) is 0 Å². The monoisotopic (exact) mass is 449 g/mol. The first-order valence-electron chi connectivity index (χ1n) is 11.1. The normalized spacial score (nSPS) is 16.7. The van der Waals surface area contributed by atoms with Crippen LogP contribution in [0.3, 0.4) is 0 Å². The molecule has 1 atom stereocenters. The summed E-state index contributed by atoms with van der Waals surface area (Å²) in [4.78, 5) is 32.3. The third kappa shape index (κ3) is 4.19. The van der Waals surface area contributed by atoms with Crippen LogP contribution in [-0.2, 0) is 0 Å². The van der Waals surface area contributed by atoms with Gasteiger partial charge in [0.05, 0.1) is 23.7 Å². The molecule has 5 rings (SSSR count). The molecule has 1 aliphatic heterocycles. The van der Waals surface area contributed by atoms with Crippen LogP contribution >= 0.6 is 0 Å². The van der Waals surface area contributed by atoms with E-state index in [1.807, 2.05) is 72.8 Å². The van der Waals surface area contributed by atoms with E-state index in [-0.39, 0.29) is 24.8 Å². The van der Waals surface area contributed by atoms with Gasteiger partial charge in [-0.05, 0) is 29.3 Å². The van der Waals surface area contributed by atoms with Crippen LogP contribution in [0.4, 0.5) is 0 Å². The molecule has 2 heterocycles. The Morgan fingerprint density at radius 2 is 1.65 bits per heavy atom. The van der Waals surface area contributed by atoms with Crippen molar-refractivity contribution in [3.05, 3.63) is 114 Å². The van der Waals surface area contributed by atoms with Crippen LogP contribution < -0.4 is 5.32 Å². The first-order chi connectivity index (χ1) is 16.6. The fourth-order valence-electron chi connectivity index (χ4n) is 4.29. The molecule has 1 unspecified atom stereocenters. The van der Waals surface area contributed by atoms with Crippen molar-refractivity contribution >= 4 is 22.7 Å². The Bertz CT molecular complexity index is 1390. The van der Waals surface area contributed by atoms with Crippen LogP contribution in [0.2, 0.25) is 0 Å². The molecule has 0 aliphatic carbocycles. The molecule has 2 N–H and O–H groups in total. The van der Waals surface area contributed by atoms with E-state index in [1.165, 1.54) is 11.1 Å². The molecule has 1 aliphatic rings. The van der Waals surface area contributed by atoms with E-state index < -0.39 is 6.10 Å². The number of rotatable bonds is 4. The summed E-state index contributed by atoms with van der Waals surface area (Å²) in [5.41, 5.74) is 3.91. The number of nitrogens with one attached hydrogen (secondary N) is 1. The summed E-state index contributed by atoms with van der Waals surface area (Å²) in [6.07, 6.45) is 2.74. The van der Waals surface area contributed by atoms with Crippen molar-refractivity contribution in [3.63, 3.8) is 0 Å². The van der Waals surface area contributed by atoms with Crippen LogP contribution in [0, 0.1) is 0 Å². The zero-order valence-electron chi connectivity index (χ0n) is 18.4. The molecule has 0 bridgehead atoms. The summed E-state index contributed by atoms with van der Waals surface area (Å²) in [5.74, 6) is -0.543. The number of amides is 2. The maximum Gasteiger partial charge on any atom is 0.258 e. The van der Waals surface area contributed by atoms with Crippen molar-refractivity contribution in [2.24, 2.45) is 0 Å². The number of hydrogen-bond acceptors (Lipinski definition) is 4. The summed E-state index contributed by atoms with van der Waals surface area (Å²) in [6, 6.07) is 26.3. The number of carbonyl (C=O) groups excluding carboxylic acids is 2. The van der Waals surface area contributed by atoms with E-state index >= 15 is 0 Å². The molecular formula is C28H23N3O3. The summed E-state index contributed by atoms with van der Waals surface area (Å²) in [5, 5.41) is 14.0. The number of aromatic nitrogens is 1. The van der Waals surface area contributed by atoms with Gasteiger partial charge in [-0.1, -0.05) is 66.7 Å². The highest BCUT2D eigenvalue weighted by atomic mass is 16.3. The molecule has 1 saturated heterocycles. The van der Waals surface area contributed by atoms with Gasteiger partial charge in [-0.2, -0.15) is 0 Å². The quantitative estimate of drug-likeness (QED) is 0.484. The predicted octanol–water partition coefficient (Wildman–Crippen LogP) is 4.38. The Balaban J connectivity index is 1.42. The molecular weight excluding hydrogens is 426 g/mol. The van der Waals surface area contributed by atoms with E-state index in [2.05, 4.69) is 10.3 Å². The maximum atomic E-state index is 13.5. The highest BCUT2D eigenvalue weighted by molar-refractivity contribution is 6.06. The molecule has 6 heteroatoms. The summed E-state index contributed by atoms with van der Waals surface area (Å²) in [7, 11) is 0. The second-order valence-corrected chi connectivity index (χ2v) is 8.18. The molecule has 0 spiro atoms. The van der Waals surface area contributed by atoms with Gasteiger partial charge in [0.15, 0.2) is 0 Å². The molecule has 0 saturated carbocycles. The third-order valence-corrected chi connectivity index (χ3v) is 5.92. The molecule has 6 nitrogen and oxygen atoms in total. The van der Waals surface area contributed by atoms with Gasteiger partial charge in [0.25, 0.3) is 11.8 Å². The SMILES string of the molecule is O=C(NC=C1CC(O)CN1C(=O)c1ccccc1-c1ccccc1)c1cccc2cccnc12. The Morgan fingerprint density at radius 1 is 0.912 bits per heavy atom. The van der Waals surface area contributed by atoms with E-state index in [1.54, 1.807) is 18.3 Å². The van der Waals surface area contributed by atoms with Crippen LogP contribution in [0.25, 0.3) is 22.0 Å². The highest BCUT2D eigenvalue weighted by Crippen LogP contribution is 2.29. The minimum atomic E-state index is -0.699. The lowest BCUT2D eigenvalue weighted by molar-refractivity contribution is 0.0791. The van der Waals surface area contributed by atoms with Gasteiger partial charge in [-0.15, -0.1) is 0 Å². The van der Waals surface area contributed by atoms with Gasteiger partial charge < -0.3 is 15.3 Å². The lowest BCUT2D eigenvalue weighted by Gasteiger charge is -2.20. The van der Waals surface area contributed by atoms with Crippen molar-refractivity contribution in [2.75, 3.05) is 6.54 Å². The van der Waals surface area contributed by atoms with Gasteiger partial charge in [0, 0.05) is 35.5 Å². The number of likely N-dealkylation sites (tertiary alicyclic amines) is 1. The lowest BCUT2D eigenvalue weighted by atomic mass is 9.99. The number of para-hydroxylation sites is 1. The van der Waals surface area contributed by atoms with E-state index in [4.69, 9.17) is 0 Å². The fourth-order valence-corrected chi connectivity index (χ4v) is 4.29. The van der Waals surface area contributed by atoms with Crippen LogP contribution in [0.1, 0.15) is 27.1 Å². The Hall–Kier alpha value is -4.29. The molecule has 3 aromatic carbocycles. The summed E-state index contributed by atoms with van der Waals surface area (Å²) < 4.78 is 0. The smallest absolute Gasteiger partial charge is 0.258 e. The number of pyridine rings is 1. The number of fused-ring (bicyclic) bond motifs is 1. The Kier molecular flexibility index (Phi) is 5.89. The van der Waals surface area contributed by atoms with Gasteiger partial charge in [0.1, 0.15) is 0 Å². The van der Waals surface area contributed by atoms with E-state index in [0.29, 0.717) is 22.3 Å². The van der Waals surface area contributed by atoms with Gasteiger partial charge in [-0.3, -0.25) is 14.6 Å². The minimum absolute atomic E-state index is 0.166. The summed E-state index contributed by atoms with van der Waals surface area (Å²) in [6.45, 7) is 0.166. The number of aliphatic hydroxyl groups is 1. The first-order valence-corrected chi connectivity index (χ1v) is 11.1. The number of nitrogens with zero attached hydrogens (tertiary/aromatic N) is 2. The van der Waals surface area contributed by atoms with Crippen LogP contribution in [-0.4, -0.2) is 39.5 Å². The average Bonchev–Trinajstić information content (AvgIpc) is 3.27. The predicted molar refractivity (Wildman–Crippen MR) is 131 cm³/mol. The molecule has 168 valence electrons. The van der Waals surface area contributed by atoms with Gasteiger partial charge >= 0.3 is 0 Å². The number of hydrogen-bond donors (Lipinski definition) is 2. The number of aliphatic hydroxyl groups excluding tert-OH is 1. The topological polar surface area (TPSA) is 82.5 Å². The zero-order chi connectivity index (χ0) is 23.5. The number of carbonyl (C=O) groups is 2. The minimum Gasteiger partial charge on any atom is -0.391 e. The standard InChI is InChI=1S/C28H23N3O3/c32-22-16-21(17-30-27(33)25-14-6-10-20-11-7-15-29-26(20)25)31(18-22)28(34)24-13-5-4-12-23(24)19-8-2-1-3-9-19/h1-15,17,22,32H,16,18H2,(H,30,33). The van der Waals surface area contributed by atoms with Crippen molar-refractivity contribution in [1.82, 2.24) is 15.2 Å². The van der Waals surface area contributed by atoms with Gasteiger partial charge in [-0.25, -0.2) is 0 Å². The lowest BCUT2D eigenvalue weighted by Crippen LogP contribution is -2.30. The average molecular weight is 450 g/mol. The van der Waals surface area contributed by atoms with Crippen molar-refractivity contribution in [3.8, 4) is 11.1 Å². The maximum absolute atomic E-state index is 13.5. The molecule has 1 aromatic heterocycles. The Labute approximate surface area is 197 Å². The molecule has 0 radical (unpaired) electrons. The zero-order valence-corrected chi connectivity index (χ0v) is 18.4. The van der Waals surface area contributed by atoms with Crippen molar-refractivity contribution in [2.45, 2.75) is 12.5 Å². The second kappa shape index (κ2) is 9.29. The molecule has 34 heavy (non-hydrogen) atoms. The second-order valence-electron chi connectivity index (χ2n) is 8.18. The van der Waals surface area contributed by atoms with E-state index in [9.17, 15) is 14.7 Å². The molecule has 1 fully saturated rings. The first kappa shape index (κ1) is 21.6. The fraction of sp³-hybridized carbons (Fsp3) is 0.107. The highest BCUT2D eigenvalue weighted by Gasteiger charge is 2.31. The molecule has 2 amide bonds. The molecule has 4 aromatic rings.